The van der Waals surface area contributed by atoms with Gasteiger partial charge in [0.2, 0.25) is 0 Å². The zero-order valence-corrected chi connectivity index (χ0v) is 12.1. The van der Waals surface area contributed by atoms with E-state index >= 15 is 0 Å². The van der Waals surface area contributed by atoms with E-state index in [0.29, 0.717) is 0 Å². The molecule has 0 saturated carbocycles. The summed E-state index contributed by atoms with van der Waals surface area (Å²) < 4.78 is 26.1. The number of alkyl halides is 2. The number of carbonyl (C=O) groups excluding carboxylic acids is 1. The number of hydrogen-bond acceptors (Lipinski definition) is 3. The molecule has 4 nitrogen and oxygen atoms in total. The third-order valence-electron chi connectivity index (χ3n) is 3.19. The first-order valence-corrected chi connectivity index (χ1v) is 6.79. The van der Waals surface area contributed by atoms with Gasteiger partial charge >= 0.3 is 0 Å². The van der Waals surface area contributed by atoms with Crippen LogP contribution in [-0.4, -0.2) is 29.9 Å². The Balaban J connectivity index is 2.14. The number of rotatable bonds is 5. The molecule has 6 heteroatoms. The van der Waals surface area contributed by atoms with Crippen LogP contribution in [0, 0.1) is 6.92 Å². The Morgan fingerprint density at radius 1 is 1.23 bits per heavy atom. The molecular formula is C16H17F2N3O. The van der Waals surface area contributed by atoms with E-state index in [1.165, 1.54) is 6.20 Å². The lowest BCUT2D eigenvalue weighted by Crippen LogP contribution is -2.41. The zero-order valence-electron chi connectivity index (χ0n) is 12.1. The van der Waals surface area contributed by atoms with Crippen LogP contribution in [0.1, 0.15) is 15.9 Å². The summed E-state index contributed by atoms with van der Waals surface area (Å²) in [5.41, 5.74) is 7.93. The molecule has 22 heavy (non-hydrogen) atoms. The molecule has 1 aromatic carbocycles. The van der Waals surface area contributed by atoms with Gasteiger partial charge in [-0.15, -0.1) is 0 Å². The number of pyridine rings is 1. The summed E-state index contributed by atoms with van der Waals surface area (Å²) in [7, 11) is 0. The van der Waals surface area contributed by atoms with E-state index in [9.17, 15) is 13.6 Å². The van der Waals surface area contributed by atoms with Crippen LogP contribution in [-0.2, 0) is 0 Å². The van der Waals surface area contributed by atoms with Gasteiger partial charge in [0.15, 0.2) is 0 Å². The van der Waals surface area contributed by atoms with Crippen LogP contribution in [0.4, 0.5) is 8.78 Å². The molecule has 0 atom stereocenters. The van der Waals surface area contributed by atoms with Crippen molar-refractivity contribution in [1.29, 1.82) is 0 Å². The Bertz CT molecular complexity index is 657. The molecule has 1 amide bonds. The van der Waals surface area contributed by atoms with E-state index < -0.39 is 24.9 Å². The number of halogens is 2. The molecule has 0 aliphatic rings. The Kier molecular flexibility index (Phi) is 4.82. The Labute approximate surface area is 127 Å². The molecule has 0 aliphatic heterocycles. The third-order valence-corrected chi connectivity index (χ3v) is 3.19. The molecule has 3 N–H and O–H groups in total. The summed E-state index contributed by atoms with van der Waals surface area (Å²) in [4.78, 5) is 15.9. The number of nitrogens with one attached hydrogen (secondary N) is 1. The summed E-state index contributed by atoms with van der Waals surface area (Å²) in [6, 6.07) is 9.34. The molecule has 0 unspecified atom stereocenters. The van der Waals surface area contributed by atoms with Crippen LogP contribution >= 0.6 is 0 Å². The number of nitrogens with two attached hydrogens (primary N) is 1. The third kappa shape index (κ3) is 4.08. The normalized spacial score (nSPS) is 11.3. The lowest BCUT2D eigenvalue weighted by molar-refractivity contribution is 0.0118. The first kappa shape index (κ1) is 16.0. The predicted molar refractivity (Wildman–Crippen MR) is 80.7 cm³/mol. The Hall–Kier alpha value is -2.34. The Morgan fingerprint density at radius 2 is 1.91 bits per heavy atom. The van der Waals surface area contributed by atoms with Gasteiger partial charge in [-0.1, -0.05) is 29.8 Å². The fourth-order valence-electron chi connectivity index (χ4n) is 1.85. The molecule has 0 spiro atoms. The van der Waals surface area contributed by atoms with Crippen molar-refractivity contribution in [3.8, 4) is 11.1 Å². The van der Waals surface area contributed by atoms with E-state index in [1.54, 1.807) is 12.3 Å². The van der Waals surface area contributed by atoms with Gasteiger partial charge in [0.25, 0.3) is 11.8 Å². The number of aromatic nitrogens is 1. The van der Waals surface area contributed by atoms with Crippen LogP contribution < -0.4 is 11.1 Å². The van der Waals surface area contributed by atoms with E-state index in [1.807, 2.05) is 31.2 Å². The van der Waals surface area contributed by atoms with E-state index in [4.69, 9.17) is 5.73 Å². The quantitative estimate of drug-likeness (QED) is 0.891. The van der Waals surface area contributed by atoms with Crippen molar-refractivity contribution in [3.05, 3.63) is 53.9 Å². The molecule has 2 aromatic rings. The average molecular weight is 305 g/mol. The SMILES string of the molecule is Cc1ccc(-c2cncc(C(=O)NCC(F)(F)CN)c2)cc1. The predicted octanol–water partition coefficient (Wildman–Crippen LogP) is 2.38. The maximum atomic E-state index is 13.1. The van der Waals surface area contributed by atoms with E-state index in [0.717, 1.165) is 16.7 Å². The van der Waals surface area contributed by atoms with Crippen molar-refractivity contribution in [1.82, 2.24) is 10.3 Å². The van der Waals surface area contributed by atoms with Gasteiger partial charge in [-0.3, -0.25) is 9.78 Å². The summed E-state index contributed by atoms with van der Waals surface area (Å²) >= 11 is 0. The van der Waals surface area contributed by atoms with Gasteiger partial charge in [-0.05, 0) is 18.6 Å². The molecule has 0 radical (unpaired) electrons. The summed E-state index contributed by atoms with van der Waals surface area (Å²) in [5, 5.41) is 2.17. The van der Waals surface area contributed by atoms with Gasteiger partial charge in [0, 0.05) is 18.0 Å². The smallest absolute Gasteiger partial charge is 0.277 e. The van der Waals surface area contributed by atoms with Crippen molar-refractivity contribution >= 4 is 5.91 Å². The Morgan fingerprint density at radius 3 is 2.55 bits per heavy atom. The van der Waals surface area contributed by atoms with Gasteiger partial charge in [-0.25, -0.2) is 8.78 Å². The fraction of sp³-hybridized carbons (Fsp3) is 0.250. The first-order chi connectivity index (χ1) is 10.4. The summed E-state index contributed by atoms with van der Waals surface area (Å²) in [6.45, 7) is 0.371. The highest BCUT2D eigenvalue weighted by Gasteiger charge is 2.27. The molecule has 0 aliphatic carbocycles. The van der Waals surface area contributed by atoms with Crippen molar-refractivity contribution in [2.24, 2.45) is 5.73 Å². The number of amides is 1. The minimum Gasteiger partial charge on any atom is -0.346 e. The maximum absolute atomic E-state index is 13.1. The monoisotopic (exact) mass is 305 g/mol. The van der Waals surface area contributed by atoms with Crippen LogP contribution in [0.3, 0.4) is 0 Å². The molecule has 0 bridgehead atoms. The second kappa shape index (κ2) is 6.62. The number of nitrogens with zero attached hydrogens (tertiary/aromatic N) is 1. The van der Waals surface area contributed by atoms with Crippen molar-refractivity contribution in [2.45, 2.75) is 12.8 Å². The highest BCUT2D eigenvalue weighted by molar-refractivity contribution is 5.95. The molecule has 0 saturated heterocycles. The van der Waals surface area contributed by atoms with Crippen LogP contribution in [0.2, 0.25) is 0 Å². The van der Waals surface area contributed by atoms with Crippen LogP contribution in [0.5, 0.6) is 0 Å². The van der Waals surface area contributed by atoms with Crippen molar-refractivity contribution < 1.29 is 13.6 Å². The van der Waals surface area contributed by atoms with Gasteiger partial charge < -0.3 is 11.1 Å². The second-order valence-electron chi connectivity index (χ2n) is 5.07. The van der Waals surface area contributed by atoms with E-state index in [2.05, 4.69) is 10.3 Å². The maximum Gasteiger partial charge on any atom is 0.277 e. The topological polar surface area (TPSA) is 68.0 Å². The first-order valence-electron chi connectivity index (χ1n) is 6.79. The van der Waals surface area contributed by atoms with Gasteiger partial charge in [0.05, 0.1) is 18.7 Å². The molecular weight excluding hydrogens is 288 g/mol. The van der Waals surface area contributed by atoms with Crippen molar-refractivity contribution in [3.63, 3.8) is 0 Å². The lowest BCUT2D eigenvalue weighted by Gasteiger charge is -2.14. The van der Waals surface area contributed by atoms with E-state index in [-0.39, 0.29) is 5.56 Å². The number of benzene rings is 1. The zero-order chi connectivity index (χ0) is 16.2. The molecule has 1 heterocycles. The second-order valence-corrected chi connectivity index (χ2v) is 5.07. The lowest BCUT2D eigenvalue weighted by atomic mass is 10.0. The minimum absolute atomic E-state index is 0.228. The average Bonchev–Trinajstić information content (AvgIpc) is 2.53. The van der Waals surface area contributed by atoms with Crippen LogP contribution in [0.25, 0.3) is 11.1 Å². The van der Waals surface area contributed by atoms with Gasteiger partial charge in [-0.2, -0.15) is 0 Å². The number of aryl methyl sites for hydroxylation is 1. The van der Waals surface area contributed by atoms with Crippen molar-refractivity contribution in [2.75, 3.05) is 13.1 Å². The molecule has 1 aromatic heterocycles. The fourth-order valence-corrected chi connectivity index (χ4v) is 1.85. The number of hydrogen-bond donors (Lipinski definition) is 2. The highest BCUT2D eigenvalue weighted by atomic mass is 19.3. The minimum atomic E-state index is -3.11. The molecule has 116 valence electrons. The largest absolute Gasteiger partial charge is 0.346 e. The molecule has 2 rings (SSSR count). The number of carbonyl (C=O) groups is 1. The van der Waals surface area contributed by atoms with Gasteiger partial charge in [0.1, 0.15) is 0 Å². The standard InChI is InChI=1S/C16H17F2N3O/c1-11-2-4-12(5-3-11)13-6-14(8-20-7-13)15(22)21-10-16(17,18)9-19/h2-8H,9-10,19H2,1H3,(H,21,22). The summed E-state index contributed by atoms with van der Waals surface area (Å²) in [5.74, 6) is -3.72. The highest BCUT2D eigenvalue weighted by Crippen LogP contribution is 2.20. The summed E-state index contributed by atoms with van der Waals surface area (Å²) in [6.07, 6.45) is 2.96. The van der Waals surface area contributed by atoms with Crippen LogP contribution in [0.15, 0.2) is 42.7 Å². The molecule has 0 fully saturated rings.